The molecular formula is C15H12ClNO. The van der Waals surface area contributed by atoms with Crippen LogP contribution in [0, 0.1) is 11.3 Å². The fourth-order valence-corrected chi connectivity index (χ4v) is 1.81. The first-order valence-electron chi connectivity index (χ1n) is 5.59. The molecule has 0 aliphatic carbocycles. The molecule has 0 unspecified atom stereocenters. The topological polar surface area (TPSA) is 33.0 Å². The highest BCUT2D eigenvalue weighted by Gasteiger charge is 2.02. The van der Waals surface area contributed by atoms with Crippen molar-refractivity contribution in [2.75, 3.05) is 0 Å². The third-order valence-electron chi connectivity index (χ3n) is 2.59. The zero-order valence-corrected chi connectivity index (χ0v) is 10.5. The molecule has 0 saturated carbocycles. The lowest BCUT2D eigenvalue weighted by molar-refractivity contribution is 0.304. The van der Waals surface area contributed by atoms with Crippen molar-refractivity contribution in [2.24, 2.45) is 0 Å². The third kappa shape index (κ3) is 3.03. The number of benzene rings is 2. The van der Waals surface area contributed by atoms with Gasteiger partial charge in [0.2, 0.25) is 0 Å². The van der Waals surface area contributed by atoms with E-state index in [0.29, 0.717) is 18.1 Å². The number of halogens is 1. The van der Waals surface area contributed by atoms with Crippen LogP contribution in [0.15, 0.2) is 48.5 Å². The Morgan fingerprint density at radius 3 is 2.44 bits per heavy atom. The Labute approximate surface area is 111 Å². The third-order valence-corrected chi connectivity index (χ3v) is 2.88. The van der Waals surface area contributed by atoms with Crippen LogP contribution in [0.1, 0.15) is 16.7 Å². The molecule has 0 aliphatic heterocycles. The quantitative estimate of drug-likeness (QED) is 0.779. The number of para-hydroxylation sites is 1. The van der Waals surface area contributed by atoms with Gasteiger partial charge in [0.05, 0.1) is 17.5 Å². The molecule has 0 aromatic heterocycles. The van der Waals surface area contributed by atoms with E-state index in [4.69, 9.17) is 21.6 Å². The maximum absolute atomic E-state index is 8.71. The van der Waals surface area contributed by atoms with Crippen molar-refractivity contribution >= 4 is 11.6 Å². The van der Waals surface area contributed by atoms with Crippen LogP contribution in [0.25, 0.3) is 0 Å². The van der Waals surface area contributed by atoms with E-state index < -0.39 is 0 Å². The molecular weight excluding hydrogens is 246 g/mol. The van der Waals surface area contributed by atoms with E-state index in [0.717, 1.165) is 16.9 Å². The first kappa shape index (κ1) is 12.5. The molecule has 2 nitrogen and oxygen atoms in total. The highest BCUT2D eigenvalue weighted by molar-refractivity contribution is 6.17. The molecule has 0 radical (unpaired) electrons. The van der Waals surface area contributed by atoms with Gasteiger partial charge in [-0.25, -0.2) is 0 Å². The van der Waals surface area contributed by atoms with E-state index in [1.807, 2.05) is 36.4 Å². The van der Waals surface area contributed by atoms with Gasteiger partial charge < -0.3 is 4.74 Å². The molecule has 0 amide bonds. The molecule has 3 heteroatoms. The van der Waals surface area contributed by atoms with E-state index >= 15 is 0 Å². The first-order chi connectivity index (χ1) is 8.83. The van der Waals surface area contributed by atoms with Gasteiger partial charge in [-0.2, -0.15) is 5.26 Å². The van der Waals surface area contributed by atoms with Crippen LogP contribution in [-0.2, 0) is 12.5 Å². The van der Waals surface area contributed by atoms with Crippen molar-refractivity contribution in [1.82, 2.24) is 0 Å². The van der Waals surface area contributed by atoms with Gasteiger partial charge in [0.25, 0.3) is 0 Å². The Bertz CT molecular complexity index is 557. The van der Waals surface area contributed by atoms with E-state index in [1.165, 1.54) is 0 Å². The summed E-state index contributed by atoms with van der Waals surface area (Å²) in [5.41, 5.74) is 2.66. The normalized spacial score (nSPS) is 9.78. The van der Waals surface area contributed by atoms with E-state index in [9.17, 15) is 0 Å². The van der Waals surface area contributed by atoms with Crippen molar-refractivity contribution in [3.8, 4) is 11.8 Å². The predicted molar refractivity (Wildman–Crippen MR) is 71.5 cm³/mol. The summed E-state index contributed by atoms with van der Waals surface area (Å²) in [4.78, 5) is 0. The van der Waals surface area contributed by atoms with Gasteiger partial charge in [-0.15, -0.1) is 11.6 Å². The summed E-state index contributed by atoms with van der Waals surface area (Å²) in [7, 11) is 0. The zero-order chi connectivity index (χ0) is 12.8. The fourth-order valence-electron chi connectivity index (χ4n) is 1.59. The van der Waals surface area contributed by atoms with E-state index in [1.54, 1.807) is 12.1 Å². The molecule has 18 heavy (non-hydrogen) atoms. The second-order valence-corrected chi connectivity index (χ2v) is 4.11. The minimum atomic E-state index is 0.434. The standard InChI is InChI=1S/C15H12ClNO/c16-9-14-3-1-2-4-15(14)18-11-13-7-5-12(10-17)6-8-13/h1-8H,9,11H2. The monoisotopic (exact) mass is 257 g/mol. The number of rotatable bonds is 4. The molecule has 2 aromatic carbocycles. The van der Waals surface area contributed by atoms with Crippen LogP contribution in [0.5, 0.6) is 5.75 Å². The van der Waals surface area contributed by atoms with Crippen LogP contribution in [-0.4, -0.2) is 0 Å². The van der Waals surface area contributed by atoms with Gasteiger partial charge in [0.1, 0.15) is 12.4 Å². The summed E-state index contributed by atoms with van der Waals surface area (Å²) < 4.78 is 5.72. The lowest BCUT2D eigenvalue weighted by Crippen LogP contribution is -1.97. The lowest BCUT2D eigenvalue weighted by Gasteiger charge is -2.09. The van der Waals surface area contributed by atoms with Crippen LogP contribution in [0.4, 0.5) is 0 Å². The fraction of sp³-hybridized carbons (Fsp3) is 0.133. The minimum absolute atomic E-state index is 0.434. The molecule has 0 saturated heterocycles. The molecule has 0 N–H and O–H groups in total. The van der Waals surface area contributed by atoms with Gasteiger partial charge in [-0.3, -0.25) is 0 Å². The Morgan fingerprint density at radius 2 is 1.78 bits per heavy atom. The zero-order valence-electron chi connectivity index (χ0n) is 9.77. The molecule has 0 spiro atoms. The number of hydrogen-bond acceptors (Lipinski definition) is 2. The Balaban J connectivity index is 2.04. The van der Waals surface area contributed by atoms with Crippen LogP contribution in [0.2, 0.25) is 0 Å². The van der Waals surface area contributed by atoms with Gasteiger partial charge in [-0.1, -0.05) is 30.3 Å². The lowest BCUT2D eigenvalue weighted by atomic mass is 10.1. The summed E-state index contributed by atoms with van der Waals surface area (Å²) in [5.74, 6) is 1.24. The molecule has 0 bridgehead atoms. The van der Waals surface area contributed by atoms with Gasteiger partial charge in [-0.05, 0) is 23.8 Å². The first-order valence-corrected chi connectivity index (χ1v) is 6.12. The number of hydrogen-bond donors (Lipinski definition) is 0. The average Bonchev–Trinajstić information content (AvgIpc) is 2.46. The van der Waals surface area contributed by atoms with Gasteiger partial charge in [0.15, 0.2) is 0 Å². The Morgan fingerprint density at radius 1 is 1.06 bits per heavy atom. The molecule has 0 aliphatic rings. The van der Waals surface area contributed by atoms with Crippen molar-refractivity contribution in [1.29, 1.82) is 5.26 Å². The maximum atomic E-state index is 8.71. The van der Waals surface area contributed by atoms with Crippen LogP contribution >= 0.6 is 11.6 Å². The predicted octanol–water partition coefficient (Wildman–Crippen LogP) is 3.88. The Hall–Kier alpha value is -1.98. The number of alkyl halides is 1. The van der Waals surface area contributed by atoms with Gasteiger partial charge in [0, 0.05) is 5.56 Å². The second-order valence-electron chi connectivity index (χ2n) is 3.84. The minimum Gasteiger partial charge on any atom is -0.489 e. The number of ether oxygens (including phenoxy) is 1. The van der Waals surface area contributed by atoms with Crippen molar-refractivity contribution in [3.05, 3.63) is 65.2 Å². The summed E-state index contributed by atoms with van der Waals surface area (Å²) in [5, 5.41) is 8.71. The second kappa shape index (κ2) is 6.09. The van der Waals surface area contributed by atoms with Crippen molar-refractivity contribution in [3.63, 3.8) is 0 Å². The van der Waals surface area contributed by atoms with Crippen LogP contribution < -0.4 is 4.74 Å². The summed E-state index contributed by atoms with van der Waals surface area (Å²) >= 11 is 5.84. The Kier molecular flexibility index (Phi) is 4.22. The summed E-state index contributed by atoms with van der Waals surface area (Å²) in [6, 6.07) is 17.1. The summed E-state index contributed by atoms with van der Waals surface area (Å²) in [6.07, 6.45) is 0. The van der Waals surface area contributed by atoms with Crippen molar-refractivity contribution in [2.45, 2.75) is 12.5 Å². The van der Waals surface area contributed by atoms with Crippen LogP contribution in [0.3, 0.4) is 0 Å². The van der Waals surface area contributed by atoms with Crippen molar-refractivity contribution < 1.29 is 4.74 Å². The smallest absolute Gasteiger partial charge is 0.124 e. The molecule has 0 atom stereocenters. The highest BCUT2D eigenvalue weighted by atomic mass is 35.5. The molecule has 2 aromatic rings. The highest BCUT2D eigenvalue weighted by Crippen LogP contribution is 2.21. The largest absolute Gasteiger partial charge is 0.489 e. The van der Waals surface area contributed by atoms with E-state index in [-0.39, 0.29) is 0 Å². The molecule has 2 rings (SSSR count). The van der Waals surface area contributed by atoms with E-state index in [2.05, 4.69) is 6.07 Å². The number of nitrogens with zero attached hydrogens (tertiary/aromatic N) is 1. The SMILES string of the molecule is N#Cc1ccc(COc2ccccc2CCl)cc1. The number of nitriles is 1. The molecule has 90 valence electrons. The molecule has 0 heterocycles. The maximum Gasteiger partial charge on any atom is 0.124 e. The van der Waals surface area contributed by atoms with Gasteiger partial charge >= 0.3 is 0 Å². The summed E-state index contributed by atoms with van der Waals surface area (Å²) in [6.45, 7) is 0.472. The molecule has 0 fully saturated rings. The average molecular weight is 258 g/mol.